The number of nitrogens with zero attached hydrogens (tertiary/aromatic N) is 1. The van der Waals surface area contributed by atoms with Crippen molar-refractivity contribution in [2.45, 2.75) is 46.4 Å². The molecular formula is C16H21NO2. The van der Waals surface area contributed by atoms with Gasteiger partial charge in [0.2, 0.25) is 0 Å². The Balaban J connectivity index is 2.16. The molecule has 0 atom stereocenters. The lowest BCUT2D eigenvalue weighted by Gasteiger charge is -2.24. The molecule has 1 aliphatic rings. The van der Waals surface area contributed by atoms with Gasteiger partial charge in [-0.3, -0.25) is 4.90 Å². The summed E-state index contributed by atoms with van der Waals surface area (Å²) >= 11 is 0. The molecule has 0 bridgehead atoms. The summed E-state index contributed by atoms with van der Waals surface area (Å²) in [6.45, 7) is 12.8. The second-order valence-corrected chi connectivity index (χ2v) is 6.02. The first kappa shape index (κ1) is 13.7. The Labute approximate surface area is 114 Å². The normalized spacial score (nSPS) is 14.2. The number of ether oxygens (including phenoxy) is 1. The molecule has 2 rings (SSSR count). The fourth-order valence-electron chi connectivity index (χ4n) is 2.27. The van der Waals surface area contributed by atoms with Crippen LogP contribution in [0.5, 0.6) is 0 Å². The van der Waals surface area contributed by atoms with Gasteiger partial charge in [0.15, 0.2) is 0 Å². The Morgan fingerprint density at radius 1 is 1.32 bits per heavy atom. The number of amides is 1. The number of carbonyl (C=O) groups excluding carboxylic acids is 1. The van der Waals surface area contributed by atoms with Crippen LogP contribution in [-0.4, -0.2) is 16.6 Å². The fourth-order valence-corrected chi connectivity index (χ4v) is 2.27. The maximum Gasteiger partial charge on any atom is 0.410 e. The summed E-state index contributed by atoms with van der Waals surface area (Å²) < 4.78 is 5.41. The highest BCUT2D eigenvalue weighted by Crippen LogP contribution is 2.27. The molecule has 1 aromatic carbocycles. The summed E-state index contributed by atoms with van der Waals surface area (Å²) in [6.07, 6.45) is 1.60. The maximum atomic E-state index is 12.1. The zero-order chi connectivity index (χ0) is 14.2. The largest absolute Gasteiger partial charge is 0.444 e. The van der Waals surface area contributed by atoms with Crippen LogP contribution in [0.15, 0.2) is 18.7 Å². The zero-order valence-electron chi connectivity index (χ0n) is 12.1. The Hall–Kier alpha value is -1.77. The molecule has 0 saturated heterocycles. The van der Waals surface area contributed by atoms with E-state index >= 15 is 0 Å². The Bertz CT molecular complexity index is 526. The van der Waals surface area contributed by atoms with Gasteiger partial charge in [-0.2, -0.15) is 0 Å². The third-order valence-corrected chi connectivity index (χ3v) is 3.18. The molecule has 0 radical (unpaired) electrons. The van der Waals surface area contributed by atoms with E-state index in [4.69, 9.17) is 4.74 Å². The monoisotopic (exact) mass is 259 g/mol. The molecule has 1 aliphatic heterocycles. The van der Waals surface area contributed by atoms with Gasteiger partial charge in [-0.05, 0) is 56.0 Å². The van der Waals surface area contributed by atoms with Gasteiger partial charge in [-0.1, -0.05) is 18.7 Å². The van der Waals surface area contributed by atoms with Crippen LogP contribution in [0.4, 0.5) is 4.79 Å². The first-order valence-corrected chi connectivity index (χ1v) is 6.53. The zero-order valence-corrected chi connectivity index (χ0v) is 12.1. The maximum absolute atomic E-state index is 12.1. The molecule has 3 nitrogen and oxygen atoms in total. The quantitative estimate of drug-likeness (QED) is 0.765. The number of carbonyl (C=O) groups is 1. The molecule has 102 valence electrons. The highest BCUT2D eigenvalue weighted by atomic mass is 16.6. The molecule has 3 heteroatoms. The summed E-state index contributed by atoms with van der Waals surface area (Å²) in [7, 11) is 0. The molecule has 19 heavy (non-hydrogen) atoms. The molecule has 1 heterocycles. The highest BCUT2D eigenvalue weighted by molar-refractivity contribution is 5.70. The van der Waals surface area contributed by atoms with Crippen molar-refractivity contribution in [1.29, 1.82) is 0 Å². The van der Waals surface area contributed by atoms with Gasteiger partial charge in [0.25, 0.3) is 0 Å². The topological polar surface area (TPSA) is 29.5 Å². The standard InChI is InChI=1S/C16H21NO2/c1-6-12-8-14-10-17(9-13(14)7-11(12)2)15(18)19-16(3,4)5/h6-8H,1,9-10H2,2-5H3. The van der Waals surface area contributed by atoms with Crippen molar-refractivity contribution in [3.05, 3.63) is 41.0 Å². The van der Waals surface area contributed by atoms with Crippen LogP contribution in [0.3, 0.4) is 0 Å². The van der Waals surface area contributed by atoms with Gasteiger partial charge < -0.3 is 4.74 Å². The fraction of sp³-hybridized carbons (Fsp3) is 0.438. The lowest BCUT2D eigenvalue weighted by atomic mass is 10.0. The Morgan fingerprint density at radius 2 is 1.89 bits per heavy atom. The predicted octanol–water partition coefficient (Wildman–Crippen LogP) is 3.89. The second kappa shape index (κ2) is 4.72. The van der Waals surface area contributed by atoms with Crippen LogP contribution in [0, 0.1) is 6.92 Å². The van der Waals surface area contributed by atoms with Crippen LogP contribution in [0.25, 0.3) is 6.08 Å². The molecule has 0 N–H and O–H groups in total. The van der Waals surface area contributed by atoms with E-state index in [9.17, 15) is 4.79 Å². The van der Waals surface area contributed by atoms with E-state index in [0.717, 1.165) is 5.56 Å². The molecule has 1 amide bonds. The number of rotatable bonds is 1. The van der Waals surface area contributed by atoms with E-state index in [2.05, 4.69) is 25.6 Å². The minimum atomic E-state index is -0.450. The third-order valence-electron chi connectivity index (χ3n) is 3.18. The minimum Gasteiger partial charge on any atom is -0.444 e. The van der Waals surface area contributed by atoms with Crippen LogP contribution >= 0.6 is 0 Å². The molecule has 1 aromatic rings. The number of hydrogen-bond acceptors (Lipinski definition) is 2. The average molecular weight is 259 g/mol. The van der Waals surface area contributed by atoms with Crippen LogP contribution in [0.2, 0.25) is 0 Å². The smallest absolute Gasteiger partial charge is 0.410 e. The van der Waals surface area contributed by atoms with Crippen molar-refractivity contribution in [2.75, 3.05) is 0 Å². The molecule has 0 fully saturated rings. The highest BCUT2D eigenvalue weighted by Gasteiger charge is 2.27. The second-order valence-electron chi connectivity index (χ2n) is 6.02. The number of hydrogen-bond donors (Lipinski definition) is 0. The average Bonchev–Trinajstić information content (AvgIpc) is 2.68. The van der Waals surface area contributed by atoms with Crippen LogP contribution in [-0.2, 0) is 17.8 Å². The summed E-state index contributed by atoms with van der Waals surface area (Å²) in [5.74, 6) is 0. The summed E-state index contributed by atoms with van der Waals surface area (Å²) in [5.41, 5.74) is 4.26. The van der Waals surface area contributed by atoms with Gasteiger partial charge >= 0.3 is 6.09 Å². The SMILES string of the molecule is C=Cc1cc2c(cc1C)CN(C(=O)OC(C)(C)C)C2. The first-order valence-electron chi connectivity index (χ1n) is 6.53. The summed E-state index contributed by atoms with van der Waals surface area (Å²) in [5, 5.41) is 0. The van der Waals surface area contributed by atoms with Gasteiger partial charge in [0, 0.05) is 13.1 Å². The van der Waals surface area contributed by atoms with E-state index in [1.54, 1.807) is 4.90 Å². The van der Waals surface area contributed by atoms with E-state index in [0.29, 0.717) is 13.1 Å². The van der Waals surface area contributed by atoms with E-state index in [-0.39, 0.29) is 6.09 Å². The molecule has 0 unspecified atom stereocenters. The van der Waals surface area contributed by atoms with Gasteiger partial charge in [0.1, 0.15) is 5.60 Å². The van der Waals surface area contributed by atoms with Crippen LogP contribution < -0.4 is 0 Å². The number of aryl methyl sites for hydroxylation is 1. The Kier molecular flexibility index (Phi) is 3.40. The van der Waals surface area contributed by atoms with Crippen molar-refractivity contribution in [2.24, 2.45) is 0 Å². The van der Waals surface area contributed by atoms with Crippen molar-refractivity contribution < 1.29 is 9.53 Å². The lowest BCUT2D eigenvalue weighted by molar-refractivity contribution is 0.0242. The molecule has 0 aromatic heterocycles. The van der Waals surface area contributed by atoms with E-state index < -0.39 is 5.60 Å². The lowest BCUT2D eigenvalue weighted by Crippen LogP contribution is -2.33. The van der Waals surface area contributed by atoms with Crippen molar-refractivity contribution >= 4 is 12.2 Å². The third kappa shape index (κ3) is 2.98. The van der Waals surface area contributed by atoms with E-state index in [1.165, 1.54) is 16.7 Å². The predicted molar refractivity (Wildman–Crippen MR) is 76.8 cm³/mol. The van der Waals surface area contributed by atoms with Crippen molar-refractivity contribution in [3.8, 4) is 0 Å². The van der Waals surface area contributed by atoms with E-state index in [1.807, 2.05) is 26.8 Å². The number of benzene rings is 1. The first-order chi connectivity index (χ1) is 8.80. The minimum absolute atomic E-state index is 0.249. The Morgan fingerprint density at radius 3 is 2.42 bits per heavy atom. The number of fused-ring (bicyclic) bond motifs is 1. The summed E-state index contributed by atoms with van der Waals surface area (Å²) in [4.78, 5) is 13.8. The molecule has 0 spiro atoms. The molecule has 0 aliphatic carbocycles. The summed E-state index contributed by atoms with van der Waals surface area (Å²) in [6, 6.07) is 4.25. The van der Waals surface area contributed by atoms with Crippen molar-refractivity contribution in [1.82, 2.24) is 4.90 Å². The van der Waals surface area contributed by atoms with Crippen LogP contribution in [0.1, 0.15) is 43.0 Å². The van der Waals surface area contributed by atoms with Gasteiger partial charge in [-0.25, -0.2) is 4.79 Å². The van der Waals surface area contributed by atoms with Gasteiger partial charge in [-0.15, -0.1) is 0 Å². The molecule has 0 saturated carbocycles. The molecular weight excluding hydrogens is 238 g/mol. The van der Waals surface area contributed by atoms with Gasteiger partial charge in [0.05, 0.1) is 0 Å². The van der Waals surface area contributed by atoms with Crippen molar-refractivity contribution in [3.63, 3.8) is 0 Å².